The summed E-state index contributed by atoms with van der Waals surface area (Å²) in [7, 11) is 0. The van der Waals surface area contributed by atoms with E-state index in [4.69, 9.17) is 14.9 Å². The molecular formula is C25H36N2O4. The predicted molar refractivity (Wildman–Crippen MR) is 119 cm³/mol. The molecule has 31 heavy (non-hydrogen) atoms. The average molecular weight is 429 g/mol. The molecule has 0 saturated heterocycles. The van der Waals surface area contributed by atoms with Gasteiger partial charge in [-0.3, -0.25) is 15.0 Å². The Morgan fingerprint density at radius 3 is 1.97 bits per heavy atom. The molecule has 0 heterocycles. The fourth-order valence-corrected chi connectivity index (χ4v) is 4.75. The van der Waals surface area contributed by atoms with E-state index in [1.54, 1.807) is 0 Å². The minimum absolute atomic E-state index is 0.00968. The minimum Gasteiger partial charge on any atom is -0.461 e. The Hall–Kier alpha value is -2.37. The molecule has 0 amide bonds. The molecule has 3 rings (SSSR count). The maximum atomic E-state index is 12.3. The Kier molecular flexibility index (Phi) is 9.38. The van der Waals surface area contributed by atoms with Crippen LogP contribution in [-0.2, 0) is 25.7 Å². The molecule has 2 aliphatic rings. The van der Waals surface area contributed by atoms with Crippen molar-refractivity contribution in [2.24, 2.45) is 0 Å². The standard InChI is InChI=1S/C25H36N2O4/c26-25(27(21-13-6-2-7-14-21)22-15-8-3-9-16-22)31-24(29)18-10-17-23(28)30-19-20-11-4-1-5-12-20/h1,4-5,11-12,21-22,26H,2-3,6-10,13-19H2. The number of esters is 2. The fourth-order valence-electron chi connectivity index (χ4n) is 4.75. The van der Waals surface area contributed by atoms with Gasteiger partial charge in [-0.1, -0.05) is 68.9 Å². The molecule has 1 aromatic rings. The van der Waals surface area contributed by atoms with Crippen LogP contribution in [0.3, 0.4) is 0 Å². The number of ether oxygens (including phenoxy) is 2. The zero-order valence-electron chi connectivity index (χ0n) is 18.5. The number of nitrogens with zero attached hydrogens (tertiary/aromatic N) is 1. The molecule has 0 radical (unpaired) electrons. The highest BCUT2D eigenvalue weighted by Crippen LogP contribution is 2.30. The van der Waals surface area contributed by atoms with Crippen LogP contribution < -0.4 is 0 Å². The summed E-state index contributed by atoms with van der Waals surface area (Å²) in [6, 6.07) is 10.2. The summed E-state index contributed by atoms with van der Waals surface area (Å²) in [6.45, 7) is 0.243. The van der Waals surface area contributed by atoms with Crippen molar-refractivity contribution in [1.29, 1.82) is 5.41 Å². The molecule has 0 atom stereocenters. The summed E-state index contributed by atoms with van der Waals surface area (Å²) in [4.78, 5) is 26.4. The van der Waals surface area contributed by atoms with Gasteiger partial charge in [0.25, 0.3) is 6.02 Å². The van der Waals surface area contributed by atoms with Gasteiger partial charge in [-0.15, -0.1) is 0 Å². The first kappa shape index (κ1) is 23.3. The molecule has 0 bridgehead atoms. The Balaban J connectivity index is 1.41. The van der Waals surface area contributed by atoms with Gasteiger partial charge in [0.2, 0.25) is 0 Å². The number of carbonyl (C=O) groups is 2. The van der Waals surface area contributed by atoms with Crippen molar-refractivity contribution < 1.29 is 19.1 Å². The first-order chi connectivity index (χ1) is 15.1. The molecule has 6 heteroatoms. The normalized spacial score (nSPS) is 17.7. The third kappa shape index (κ3) is 7.67. The van der Waals surface area contributed by atoms with Crippen LogP contribution >= 0.6 is 0 Å². The van der Waals surface area contributed by atoms with Gasteiger partial charge < -0.3 is 14.4 Å². The number of hydrogen-bond donors (Lipinski definition) is 1. The Morgan fingerprint density at radius 1 is 0.839 bits per heavy atom. The van der Waals surface area contributed by atoms with Crippen molar-refractivity contribution in [3.63, 3.8) is 0 Å². The second kappa shape index (κ2) is 12.5. The van der Waals surface area contributed by atoms with Crippen molar-refractivity contribution in [2.75, 3.05) is 0 Å². The van der Waals surface area contributed by atoms with Crippen LogP contribution in [0.5, 0.6) is 0 Å². The lowest BCUT2D eigenvalue weighted by molar-refractivity contribution is -0.145. The van der Waals surface area contributed by atoms with Gasteiger partial charge in [0.15, 0.2) is 0 Å². The number of nitrogens with one attached hydrogen (secondary N) is 1. The third-order valence-electron chi connectivity index (χ3n) is 6.39. The van der Waals surface area contributed by atoms with E-state index in [0.717, 1.165) is 31.2 Å². The van der Waals surface area contributed by atoms with Crippen LogP contribution in [0.15, 0.2) is 30.3 Å². The van der Waals surface area contributed by atoms with Crippen LogP contribution in [0.25, 0.3) is 0 Å². The van der Waals surface area contributed by atoms with E-state index >= 15 is 0 Å². The zero-order valence-corrected chi connectivity index (χ0v) is 18.5. The molecule has 1 N–H and O–H groups in total. The van der Waals surface area contributed by atoms with Crippen LogP contribution in [0.2, 0.25) is 0 Å². The summed E-state index contributed by atoms with van der Waals surface area (Å²) < 4.78 is 10.7. The predicted octanol–water partition coefficient (Wildman–Crippen LogP) is 5.35. The lowest BCUT2D eigenvalue weighted by Gasteiger charge is -2.42. The molecule has 0 aliphatic heterocycles. The molecule has 2 aliphatic carbocycles. The van der Waals surface area contributed by atoms with E-state index in [9.17, 15) is 9.59 Å². The summed E-state index contributed by atoms with van der Waals surface area (Å²) in [5.74, 6) is -0.754. The molecule has 6 nitrogen and oxygen atoms in total. The number of carbonyl (C=O) groups excluding carboxylic acids is 2. The quantitative estimate of drug-likeness (QED) is 0.343. The highest BCUT2D eigenvalue weighted by molar-refractivity contribution is 5.86. The Labute approximate surface area is 185 Å². The number of rotatable bonds is 8. The van der Waals surface area contributed by atoms with Gasteiger partial charge in [-0.2, -0.15) is 0 Å². The molecule has 170 valence electrons. The van der Waals surface area contributed by atoms with Gasteiger partial charge in [0.05, 0.1) is 0 Å². The van der Waals surface area contributed by atoms with Crippen molar-refractivity contribution in [2.45, 2.75) is 102 Å². The highest BCUT2D eigenvalue weighted by atomic mass is 16.6. The number of amidine groups is 1. The van der Waals surface area contributed by atoms with E-state index in [2.05, 4.69) is 4.90 Å². The third-order valence-corrected chi connectivity index (χ3v) is 6.39. The van der Waals surface area contributed by atoms with Gasteiger partial charge in [0.1, 0.15) is 6.61 Å². The Morgan fingerprint density at radius 2 is 1.39 bits per heavy atom. The Bertz CT molecular complexity index is 691. The average Bonchev–Trinajstić information content (AvgIpc) is 2.80. The largest absolute Gasteiger partial charge is 0.461 e. The fraction of sp³-hybridized carbons (Fsp3) is 0.640. The summed E-state index contributed by atoms with van der Waals surface area (Å²) in [5.41, 5.74) is 0.939. The smallest absolute Gasteiger partial charge is 0.313 e. The lowest BCUT2D eigenvalue weighted by Crippen LogP contribution is -2.49. The number of benzene rings is 1. The molecule has 2 fully saturated rings. The molecule has 0 unspecified atom stereocenters. The first-order valence-corrected chi connectivity index (χ1v) is 11.9. The molecule has 1 aromatic carbocycles. The van der Waals surface area contributed by atoms with Crippen LogP contribution in [0.4, 0.5) is 0 Å². The van der Waals surface area contributed by atoms with E-state index in [-0.39, 0.29) is 31.4 Å². The maximum absolute atomic E-state index is 12.3. The second-order valence-electron chi connectivity index (χ2n) is 8.77. The van der Waals surface area contributed by atoms with Crippen molar-refractivity contribution in [1.82, 2.24) is 4.90 Å². The molecule has 0 aromatic heterocycles. The van der Waals surface area contributed by atoms with Crippen LogP contribution in [-0.4, -0.2) is 34.9 Å². The van der Waals surface area contributed by atoms with E-state index in [1.165, 1.54) is 38.5 Å². The van der Waals surface area contributed by atoms with E-state index in [1.807, 2.05) is 30.3 Å². The van der Waals surface area contributed by atoms with E-state index in [0.29, 0.717) is 18.5 Å². The van der Waals surface area contributed by atoms with E-state index < -0.39 is 5.97 Å². The number of hydrogen-bond acceptors (Lipinski definition) is 5. The summed E-state index contributed by atoms with van der Waals surface area (Å²) >= 11 is 0. The van der Waals surface area contributed by atoms with Crippen molar-refractivity contribution in [3.8, 4) is 0 Å². The molecule has 2 saturated carbocycles. The summed E-state index contributed by atoms with van der Waals surface area (Å²) in [6.07, 6.45) is 12.2. The molecular weight excluding hydrogens is 392 g/mol. The maximum Gasteiger partial charge on any atom is 0.313 e. The first-order valence-electron chi connectivity index (χ1n) is 11.9. The van der Waals surface area contributed by atoms with Crippen LogP contribution in [0, 0.1) is 5.41 Å². The zero-order chi connectivity index (χ0) is 21.9. The second-order valence-corrected chi connectivity index (χ2v) is 8.77. The lowest BCUT2D eigenvalue weighted by atomic mass is 9.89. The topological polar surface area (TPSA) is 79.7 Å². The van der Waals surface area contributed by atoms with Crippen molar-refractivity contribution >= 4 is 18.0 Å². The van der Waals surface area contributed by atoms with Gasteiger partial charge >= 0.3 is 11.9 Å². The van der Waals surface area contributed by atoms with Gasteiger partial charge in [-0.05, 0) is 37.7 Å². The van der Waals surface area contributed by atoms with Crippen molar-refractivity contribution in [3.05, 3.63) is 35.9 Å². The van der Waals surface area contributed by atoms with Crippen LogP contribution in [0.1, 0.15) is 89.0 Å². The molecule has 0 spiro atoms. The van der Waals surface area contributed by atoms with Gasteiger partial charge in [-0.25, -0.2) is 0 Å². The SMILES string of the molecule is N=C(OC(=O)CCCC(=O)OCc1ccccc1)N(C1CCCCC1)C1CCCCC1. The highest BCUT2D eigenvalue weighted by Gasteiger charge is 2.32. The minimum atomic E-state index is -0.433. The summed E-state index contributed by atoms with van der Waals surface area (Å²) in [5, 5.41) is 8.52. The monoisotopic (exact) mass is 428 g/mol. The van der Waals surface area contributed by atoms with Gasteiger partial charge in [0, 0.05) is 24.9 Å².